The molecule has 0 saturated carbocycles. The van der Waals surface area contributed by atoms with E-state index in [2.05, 4.69) is 14.9 Å². The maximum absolute atomic E-state index is 11.3. The highest BCUT2D eigenvalue weighted by Gasteiger charge is 2.12. The molecule has 2 aromatic heterocycles. The van der Waals surface area contributed by atoms with E-state index in [9.17, 15) is 9.59 Å². The molecule has 68 valence electrons. The Labute approximate surface area is 71.2 Å². The van der Waals surface area contributed by atoms with Crippen molar-refractivity contribution < 1.29 is 4.63 Å². The van der Waals surface area contributed by atoms with Gasteiger partial charge in [-0.3, -0.25) is 13.9 Å². The van der Waals surface area contributed by atoms with Crippen LogP contribution in [0.5, 0.6) is 0 Å². The highest BCUT2D eigenvalue weighted by Crippen LogP contribution is 1.97. The zero-order chi connectivity index (χ0) is 9.59. The molecule has 0 radical (unpaired) electrons. The lowest BCUT2D eigenvalue weighted by Gasteiger charge is -1.98. The molecule has 2 rings (SSSR count). The van der Waals surface area contributed by atoms with E-state index in [4.69, 9.17) is 0 Å². The summed E-state index contributed by atoms with van der Waals surface area (Å²) < 4.78 is 6.52. The zero-order valence-corrected chi connectivity index (χ0v) is 7.01. The van der Waals surface area contributed by atoms with Gasteiger partial charge in [0.25, 0.3) is 5.56 Å². The first-order valence-corrected chi connectivity index (χ1v) is 3.51. The molecule has 0 atom stereocenters. The summed E-state index contributed by atoms with van der Waals surface area (Å²) in [6.07, 6.45) is 0. The lowest BCUT2D eigenvalue weighted by molar-refractivity contribution is 0.313. The number of rotatable bonds is 0. The Morgan fingerprint density at radius 1 is 1.15 bits per heavy atom. The second kappa shape index (κ2) is 2.28. The van der Waals surface area contributed by atoms with Crippen LogP contribution in [0.2, 0.25) is 0 Å². The first kappa shape index (κ1) is 7.71. The Bertz CT molecular complexity index is 576. The Balaban J connectivity index is 3.21. The van der Waals surface area contributed by atoms with Crippen molar-refractivity contribution in [2.45, 2.75) is 0 Å². The van der Waals surface area contributed by atoms with Gasteiger partial charge in [-0.05, 0) is 10.3 Å². The average molecular weight is 182 g/mol. The van der Waals surface area contributed by atoms with Gasteiger partial charge in [-0.2, -0.15) is 0 Å². The van der Waals surface area contributed by atoms with E-state index in [0.717, 1.165) is 4.57 Å². The van der Waals surface area contributed by atoms with Crippen LogP contribution < -0.4 is 11.2 Å². The van der Waals surface area contributed by atoms with Crippen LogP contribution in [0.15, 0.2) is 14.2 Å². The van der Waals surface area contributed by atoms with Crippen molar-refractivity contribution in [3.8, 4) is 0 Å². The highest BCUT2D eigenvalue weighted by atomic mass is 16.6. The van der Waals surface area contributed by atoms with Crippen LogP contribution in [0.1, 0.15) is 0 Å². The van der Waals surface area contributed by atoms with Crippen molar-refractivity contribution >= 4 is 11.2 Å². The van der Waals surface area contributed by atoms with Crippen LogP contribution in [0.3, 0.4) is 0 Å². The van der Waals surface area contributed by atoms with Gasteiger partial charge in [-0.25, -0.2) is 9.42 Å². The lowest BCUT2D eigenvalue weighted by Crippen LogP contribution is -2.36. The molecular weight excluding hydrogens is 176 g/mol. The SMILES string of the molecule is Cn1c(=O)c2nonc2n(C)c1=O. The molecule has 13 heavy (non-hydrogen) atoms. The Morgan fingerprint density at radius 2 is 1.85 bits per heavy atom. The predicted molar refractivity (Wildman–Crippen MR) is 42.3 cm³/mol. The fraction of sp³-hybridized carbons (Fsp3) is 0.333. The van der Waals surface area contributed by atoms with Crippen molar-refractivity contribution in [3.63, 3.8) is 0 Å². The average Bonchev–Trinajstić information content (AvgIpc) is 2.59. The summed E-state index contributed by atoms with van der Waals surface area (Å²) in [4.78, 5) is 22.7. The first-order valence-electron chi connectivity index (χ1n) is 3.51. The minimum atomic E-state index is -0.501. The lowest BCUT2D eigenvalue weighted by atomic mass is 10.5. The third kappa shape index (κ3) is 0.835. The summed E-state index contributed by atoms with van der Waals surface area (Å²) in [5.74, 6) is 0. The van der Waals surface area contributed by atoms with Crippen LogP contribution in [0.25, 0.3) is 11.2 Å². The maximum atomic E-state index is 11.3. The largest absolute Gasteiger partial charge is 0.332 e. The molecule has 2 heterocycles. The topological polar surface area (TPSA) is 82.9 Å². The standard InChI is InChI=1S/C6H6N4O3/c1-9-4-3(7-13-8-4)5(11)10(2)6(9)12/h1-2H3. The number of fused-ring (bicyclic) bond motifs is 1. The van der Waals surface area contributed by atoms with Gasteiger partial charge in [0, 0.05) is 14.1 Å². The summed E-state index contributed by atoms with van der Waals surface area (Å²) in [5, 5.41) is 6.85. The fourth-order valence-electron chi connectivity index (χ4n) is 1.10. The molecule has 7 heteroatoms. The van der Waals surface area contributed by atoms with Gasteiger partial charge < -0.3 is 0 Å². The number of hydrogen-bond acceptors (Lipinski definition) is 5. The Kier molecular flexibility index (Phi) is 1.35. The predicted octanol–water partition coefficient (Wildman–Crippen LogP) is -1.38. The van der Waals surface area contributed by atoms with Gasteiger partial charge in [0.15, 0.2) is 0 Å². The fourth-order valence-corrected chi connectivity index (χ4v) is 1.10. The summed E-state index contributed by atoms with van der Waals surface area (Å²) in [5.41, 5.74) is -0.731. The van der Waals surface area contributed by atoms with E-state index in [1.807, 2.05) is 0 Å². The molecular formula is C6H6N4O3. The molecule has 0 spiro atoms. The van der Waals surface area contributed by atoms with E-state index in [1.165, 1.54) is 18.7 Å². The summed E-state index contributed by atoms with van der Waals surface area (Å²) in [6.45, 7) is 0. The van der Waals surface area contributed by atoms with Gasteiger partial charge in [-0.1, -0.05) is 0 Å². The number of aryl methyl sites for hydroxylation is 1. The zero-order valence-electron chi connectivity index (χ0n) is 7.01. The first-order chi connectivity index (χ1) is 6.13. The molecule has 7 nitrogen and oxygen atoms in total. The maximum Gasteiger partial charge on any atom is 0.332 e. The molecule has 0 aromatic carbocycles. The van der Waals surface area contributed by atoms with Gasteiger partial charge in [-0.15, -0.1) is 0 Å². The minimum absolute atomic E-state index is 0.0598. The molecule has 0 aliphatic carbocycles. The minimum Gasteiger partial charge on any atom is -0.276 e. The van der Waals surface area contributed by atoms with E-state index in [1.54, 1.807) is 0 Å². The quantitative estimate of drug-likeness (QED) is 0.501. The van der Waals surface area contributed by atoms with Crippen LogP contribution in [0.4, 0.5) is 0 Å². The molecule has 0 N–H and O–H groups in total. The molecule has 0 amide bonds. The Morgan fingerprint density at radius 3 is 2.54 bits per heavy atom. The van der Waals surface area contributed by atoms with Crippen molar-refractivity contribution in [2.24, 2.45) is 14.1 Å². The normalized spacial score (nSPS) is 10.9. The summed E-state index contributed by atoms with van der Waals surface area (Å²) in [6, 6.07) is 0. The third-order valence-electron chi connectivity index (χ3n) is 1.87. The monoisotopic (exact) mass is 182 g/mol. The molecule has 2 aromatic rings. The Hall–Kier alpha value is -1.92. The smallest absolute Gasteiger partial charge is 0.276 e. The number of aromatic nitrogens is 4. The number of nitrogens with zero attached hydrogens (tertiary/aromatic N) is 4. The summed E-state index contributed by atoms with van der Waals surface area (Å²) >= 11 is 0. The van der Waals surface area contributed by atoms with E-state index < -0.39 is 11.2 Å². The van der Waals surface area contributed by atoms with Crippen LogP contribution in [-0.4, -0.2) is 19.4 Å². The molecule has 0 fully saturated rings. The van der Waals surface area contributed by atoms with E-state index >= 15 is 0 Å². The molecule has 0 unspecified atom stereocenters. The van der Waals surface area contributed by atoms with Gasteiger partial charge >= 0.3 is 5.69 Å². The van der Waals surface area contributed by atoms with Gasteiger partial charge in [0.1, 0.15) is 0 Å². The number of hydrogen-bond donors (Lipinski definition) is 0. The third-order valence-corrected chi connectivity index (χ3v) is 1.87. The van der Waals surface area contributed by atoms with Crippen molar-refractivity contribution in [2.75, 3.05) is 0 Å². The van der Waals surface area contributed by atoms with Crippen molar-refractivity contribution in [3.05, 3.63) is 20.8 Å². The van der Waals surface area contributed by atoms with Crippen molar-refractivity contribution in [1.82, 2.24) is 19.4 Å². The summed E-state index contributed by atoms with van der Waals surface area (Å²) in [7, 11) is 2.87. The molecule has 0 saturated heterocycles. The second-order valence-electron chi connectivity index (χ2n) is 2.64. The van der Waals surface area contributed by atoms with Crippen LogP contribution in [-0.2, 0) is 14.1 Å². The highest BCUT2D eigenvalue weighted by molar-refractivity contribution is 5.66. The van der Waals surface area contributed by atoms with Gasteiger partial charge in [0.2, 0.25) is 11.2 Å². The van der Waals surface area contributed by atoms with E-state index in [-0.39, 0.29) is 11.2 Å². The van der Waals surface area contributed by atoms with E-state index in [0.29, 0.717) is 0 Å². The molecule has 0 aliphatic heterocycles. The van der Waals surface area contributed by atoms with Crippen molar-refractivity contribution in [1.29, 1.82) is 0 Å². The van der Waals surface area contributed by atoms with Gasteiger partial charge in [0.05, 0.1) is 0 Å². The van der Waals surface area contributed by atoms with Crippen LogP contribution in [0, 0.1) is 0 Å². The van der Waals surface area contributed by atoms with Crippen LogP contribution >= 0.6 is 0 Å². The molecule has 0 aliphatic rings. The second-order valence-corrected chi connectivity index (χ2v) is 2.64. The molecule has 0 bridgehead atoms.